The molecule has 302 valence electrons. The van der Waals surface area contributed by atoms with Gasteiger partial charge in [-0.3, -0.25) is 4.79 Å². The second-order valence-corrected chi connectivity index (χ2v) is 15.4. The lowest BCUT2D eigenvalue weighted by Crippen LogP contribution is -2.29. The zero-order valence-corrected chi connectivity index (χ0v) is 34.9. The van der Waals surface area contributed by atoms with E-state index in [1.54, 1.807) is 0 Å². The summed E-state index contributed by atoms with van der Waals surface area (Å²) < 4.78 is 17.8. The second-order valence-electron chi connectivity index (χ2n) is 15.4. The number of ether oxygens (including phenoxy) is 3. The molecule has 0 saturated heterocycles. The third-order valence-corrected chi connectivity index (χ3v) is 9.74. The number of rotatable bonds is 42. The summed E-state index contributed by atoms with van der Waals surface area (Å²) in [4.78, 5) is 14.7. The lowest BCUT2D eigenvalue weighted by molar-refractivity contribution is -0.156. The molecule has 5 nitrogen and oxygen atoms in total. The monoisotopic (exact) mass is 720 g/mol. The molecule has 0 aromatic rings. The zero-order valence-electron chi connectivity index (χ0n) is 34.9. The van der Waals surface area contributed by atoms with E-state index in [2.05, 4.69) is 57.1 Å². The van der Waals surface area contributed by atoms with E-state index in [9.17, 15) is 4.79 Å². The maximum atomic E-state index is 12.5. The maximum absolute atomic E-state index is 12.5. The SMILES string of the molecule is CCCCCCCC/C=C\CCCCCCCCOCC(COCCCCCCCC/C=C\CCCCCCCC)OC(=O)CCCCN(C)C. The number of carbonyl (C=O) groups is 1. The lowest BCUT2D eigenvalue weighted by atomic mass is 10.1. The van der Waals surface area contributed by atoms with Gasteiger partial charge in [-0.2, -0.15) is 0 Å². The van der Waals surface area contributed by atoms with Crippen molar-refractivity contribution in [2.45, 2.75) is 219 Å². The Morgan fingerprint density at radius 3 is 1.20 bits per heavy atom. The first kappa shape index (κ1) is 49.8. The fourth-order valence-electron chi connectivity index (χ4n) is 6.39. The summed E-state index contributed by atoms with van der Waals surface area (Å²) >= 11 is 0. The van der Waals surface area contributed by atoms with Crippen LogP contribution in [0.3, 0.4) is 0 Å². The molecule has 0 N–H and O–H groups in total. The topological polar surface area (TPSA) is 48.0 Å². The van der Waals surface area contributed by atoms with Gasteiger partial charge in [0.15, 0.2) is 0 Å². The standard InChI is InChI=1S/C46H89NO4/c1-5-7-9-11-13-15-17-19-21-23-25-27-29-31-33-37-41-49-43-45(51-46(48)39-35-36-40-47(3)4)44-50-42-38-34-32-30-28-26-24-22-20-18-16-14-12-10-8-6-2/h19-22,45H,5-18,23-44H2,1-4H3/b21-19-,22-20-. The third kappa shape index (κ3) is 43.1. The van der Waals surface area contributed by atoms with Crippen LogP contribution in [0.1, 0.15) is 213 Å². The summed E-state index contributed by atoms with van der Waals surface area (Å²) in [5.74, 6) is -0.125. The molecule has 0 rings (SSSR count). The van der Waals surface area contributed by atoms with Gasteiger partial charge >= 0.3 is 5.97 Å². The Morgan fingerprint density at radius 1 is 0.471 bits per heavy atom. The molecule has 0 amide bonds. The Balaban J connectivity index is 3.94. The predicted octanol–water partition coefficient (Wildman–Crippen LogP) is 13.7. The molecule has 0 aliphatic heterocycles. The molecule has 0 atom stereocenters. The minimum atomic E-state index is -0.311. The highest BCUT2D eigenvalue weighted by Gasteiger charge is 2.15. The van der Waals surface area contributed by atoms with Crippen molar-refractivity contribution in [3.05, 3.63) is 24.3 Å². The number of carbonyl (C=O) groups excluding carboxylic acids is 1. The number of unbranched alkanes of at least 4 members (excludes halogenated alkanes) is 25. The number of hydrogen-bond donors (Lipinski definition) is 0. The van der Waals surface area contributed by atoms with E-state index in [1.807, 2.05) is 0 Å². The summed E-state index contributed by atoms with van der Waals surface area (Å²) in [6, 6.07) is 0. The number of esters is 1. The molecule has 0 aliphatic carbocycles. The lowest BCUT2D eigenvalue weighted by Gasteiger charge is -2.18. The first-order valence-electron chi connectivity index (χ1n) is 22.4. The summed E-state index contributed by atoms with van der Waals surface area (Å²) in [6.45, 7) is 7.88. The van der Waals surface area contributed by atoms with Gasteiger partial charge in [-0.15, -0.1) is 0 Å². The van der Waals surface area contributed by atoms with Crippen LogP contribution in [0.4, 0.5) is 0 Å². The Bertz CT molecular complexity index is 691. The van der Waals surface area contributed by atoms with Crippen LogP contribution in [0, 0.1) is 0 Å². The van der Waals surface area contributed by atoms with E-state index in [-0.39, 0.29) is 12.1 Å². The van der Waals surface area contributed by atoms with Crippen molar-refractivity contribution in [2.24, 2.45) is 0 Å². The van der Waals surface area contributed by atoms with Gasteiger partial charge in [-0.05, 0) is 97.7 Å². The smallest absolute Gasteiger partial charge is 0.306 e. The molecule has 0 unspecified atom stereocenters. The fourth-order valence-corrected chi connectivity index (χ4v) is 6.39. The summed E-state index contributed by atoms with van der Waals surface area (Å²) in [5, 5.41) is 0. The first-order chi connectivity index (χ1) is 25.1. The Hall–Kier alpha value is -1.17. The van der Waals surface area contributed by atoms with Gasteiger partial charge in [0.05, 0.1) is 13.2 Å². The van der Waals surface area contributed by atoms with Crippen LogP contribution in [0.25, 0.3) is 0 Å². The van der Waals surface area contributed by atoms with E-state index in [0.29, 0.717) is 19.6 Å². The highest BCUT2D eigenvalue weighted by atomic mass is 16.6. The quantitative estimate of drug-likeness (QED) is 0.0357. The maximum Gasteiger partial charge on any atom is 0.306 e. The van der Waals surface area contributed by atoms with Crippen LogP contribution in [-0.2, 0) is 19.0 Å². The molecule has 0 aromatic carbocycles. The highest BCUT2D eigenvalue weighted by molar-refractivity contribution is 5.69. The number of allylic oxidation sites excluding steroid dienone is 4. The first-order valence-corrected chi connectivity index (χ1v) is 22.4. The largest absolute Gasteiger partial charge is 0.457 e. The minimum Gasteiger partial charge on any atom is -0.457 e. The van der Waals surface area contributed by atoms with Crippen molar-refractivity contribution in [3.63, 3.8) is 0 Å². The normalized spacial score (nSPS) is 12.0. The molecule has 0 spiro atoms. The van der Waals surface area contributed by atoms with Crippen molar-refractivity contribution < 1.29 is 19.0 Å². The molecule has 0 aromatic heterocycles. The summed E-state index contributed by atoms with van der Waals surface area (Å²) in [5.41, 5.74) is 0. The molecule has 0 saturated carbocycles. The van der Waals surface area contributed by atoms with Crippen LogP contribution >= 0.6 is 0 Å². The van der Waals surface area contributed by atoms with Gasteiger partial charge in [-0.1, -0.05) is 154 Å². The predicted molar refractivity (Wildman–Crippen MR) is 223 cm³/mol. The highest BCUT2D eigenvalue weighted by Crippen LogP contribution is 2.12. The van der Waals surface area contributed by atoms with E-state index < -0.39 is 0 Å². The molecule has 0 fully saturated rings. The molecule has 0 radical (unpaired) electrons. The molecule has 5 heteroatoms. The molecule has 51 heavy (non-hydrogen) atoms. The Kier molecular flexibility index (Phi) is 42.2. The van der Waals surface area contributed by atoms with E-state index in [0.717, 1.165) is 45.4 Å². The van der Waals surface area contributed by atoms with E-state index in [4.69, 9.17) is 14.2 Å². The van der Waals surface area contributed by atoms with E-state index >= 15 is 0 Å². The fraction of sp³-hybridized carbons (Fsp3) is 0.891. The number of hydrogen-bond acceptors (Lipinski definition) is 5. The minimum absolute atomic E-state index is 0.125. The zero-order chi connectivity index (χ0) is 37.1. The van der Waals surface area contributed by atoms with Crippen LogP contribution in [0.5, 0.6) is 0 Å². The average Bonchev–Trinajstić information content (AvgIpc) is 3.12. The van der Waals surface area contributed by atoms with Crippen molar-refractivity contribution >= 4 is 5.97 Å². The van der Waals surface area contributed by atoms with Gasteiger partial charge in [-0.25, -0.2) is 0 Å². The average molecular weight is 720 g/mol. The Morgan fingerprint density at radius 2 is 0.824 bits per heavy atom. The summed E-state index contributed by atoms with van der Waals surface area (Å²) in [6.07, 6.45) is 48.2. The molecular weight excluding hydrogens is 631 g/mol. The van der Waals surface area contributed by atoms with Gasteiger partial charge in [0, 0.05) is 19.6 Å². The van der Waals surface area contributed by atoms with Crippen LogP contribution in [-0.4, -0.2) is 64.0 Å². The summed E-state index contributed by atoms with van der Waals surface area (Å²) in [7, 11) is 4.13. The molecular formula is C46H89NO4. The Labute approximate surface area is 319 Å². The van der Waals surface area contributed by atoms with Gasteiger partial charge in [0.25, 0.3) is 0 Å². The second kappa shape index (κ2) is 43.2. The van der Waals surface area contributed by atoms with Crippen LogP contribution in [0.15, 0.2) is 24.3 Å². The molecule has 0 bridgehead atoms. The molecule has 0 heterocycles. The van der Waals surface area contributed by atoms with Gasteiger partial charge < -0.3 is 19.1 Å². The van der Waals surface area contributed by atoms with Crippen LogP contribution < -0.4 is 0 Å². The van der Waals surface area contributed by atoms with Crippen molar-refractivity contribution in [2.75, 3.05) is 47.1 Å². The van der Waals surface area contributed by atoms with Gasteiger partial charge in [0.2, 0.25) is 0 Å². The molecule has 0 aliphatic rings. The third-order valence-electron chi connectivity index (χ3n) is 9.74. The van der Waals surface area contributed by atoms with Crippen molar-refractivity contribution in [1.82, 2.24) is 4.90 Å². The van der Waals surface area contributed by atoms with E-state index in [1.165, 1.54) is 167 Å². The van der Waals surface area contributed by atoms with Crippen LogP contribution in [0.2, 0.25) is 0 Å². The van der Waals surface area contributed by atoms with Gasteiger partial charge in [0.1, 0.15) is 6.10 Å². The number of nitrogens with zero attached hydrogens (tertiary/aromatic N) is 1. The van der Waals surface area contributed by atoms with Crippen molar-refractivity contribution in [3.8, 4) is 0 Å². The van der Waals surface area contributed by atoms with Crippen molar-refractivity contribution in [1.29, 1.82) is 0 Å².